The summed E-state index contributed by atoms with van der Waals surface area (Å²) in [4.78, 5) is 33.0. The van der Waals surface area contributed by atoms with Gasteiger partial charge in [0.1, 0.15) is 4.88 Å². The second-order valence-electron chi connectivity index (χ2n) is 9.93. The fourth-order valence-corrected chi connectivity index (χ4v) is 6.77. The van der Waals surface area contributed by atoms with Gasteiger partial charge >= 0.3 is 0 Å². The first-order valence-corrected chi connectivity index (χ1v) is 14.5. The zero-order valence-electron chi connectivity index (χ0n) is 21.5. The molecule has 38 heavy (non-hydrogen) atoms. The molecule has 1 aliphatic rings. The molecule has 7 heteroatoms. The summed E-state index contributed by atoms with van der Waals surface area (Å²) in [6, 6.07) is 20.5. The molecule has 1 fully saturated rings. The van der Waals surface area contributed by atoms with E-state index < -0.39 is 0 Å². The van der Waals surface area contributed by atoms with Crippen LogP contribution in [0.2, 0.25) is 5.02 Å². The number of carbonyl (C=O) groups is 2. The minimum absolute atomic E-state index is 0.0241. The van der Waals surface area contributed by atoms with Gasteiger partial charge in [-0.05, 0) is 73.1 Å². The van der Waals surface area contributed by atoms with E-state index in [4.69, 9.17) is 11.6 Å². The van der Waals surface area contributed by atoms with E-state index in [0.717, 1.165) is 58.9 Å². The fourth-order valence-electron chi connectivity index (χ4n) is 5.30. The number of nitrogens with one attached hydrogen (secondary N) is 1. The standard InChI is InChI=1S/C31H32ClN3O2S/c1-2-6-28(36)34-24-11-13-25(14-12-24)35(31(37)30-29(32)26-9-3-4-10-27(26)38-30)20-21-7-5-8-23(19-21)22-15-17-33-18-16-22/h3-5,7-10,15-19,24-25H,2,6,11-14,20H2,1H3,(H,34,36). The Morgan fingerprint density at radius 1 is 1.00 bits per heavy atom. The van der Waals surface area contributed by atoms with E-state index in [0.29, 0.717) is 22.9 Å². The van der Waals surface area contributed by atoms with Gasteiger partial charge in [-0.2, -0.15) is 0 Å². The van der Waals surface area contributed by atoms with Crippen LogP contribution >= 0.6 is 22.9 Å². The van der Waals surface area contributed by atoms with Crippen molar-refractivity contribution in [1.82, 2.24) is 15.2 Å². The lowest BCUT2D eigenvalue weighted by Gasteiger charge is -2.37. The molecule has 4 aromatic rings. The number of carbonyl (C=O) groups excluding carboxylic acids is 2. The largest absolute Gasteiger partial charge is 0.353 e. The van der Waals surface area contributed by atoms with Crippen molar-refractivity contribution in [3.05, 3.63) is 88.5 Å². The number of benzene rings is 2. The number of hydrogen-bond acceptors (Lipinski definition) is 4. The summed E-state index contributed by atoms with van der Waals surface area (Å²) in [5.41, 5.74) is 3.26. The monoisotopic (exact) mass is 545 g/mol. The van der Waals surface area contributed by atoms with Crippen LogP contribution in [-0.4, -0.2) is 33.8 Å². The molecule has 0 bridgehead atoms. The fraction of sp³-hybridized carbons (Fsp3) is 0.323. The van der Waals surface area contributed by atoms with Gasteiger partial charge in [0.05, 0.1) is 5.02 Å². The highest BCUT2D eigenvalue weighted by Crippen LogP contribution is 2.37. The average molecular weight is 546 g/mol. The van der Waals surface area contributed by atoms with Crippen LogP contribution < -0.4 is 5.32 Å². The molecule has 196 valence electrons. The van der Waals surface area contributed by atoms with Crippen LogP contribution in [0.1, 0.15) is 60.7 Å². The highest BCUT2D eigenvalue weighted by atomic mass is 35.5. The number of halogens is 1. The zero-order chi connectivity index (χ0) is 26.5. The van der Waals surface area contributed by atoms with Crippen LogP contribution in [0.4, 0.5) is 0 Å². The maximum Gasteiger partial charge on any atom is 0.266 e. The van der Waals surface area contributed by atoms with E-state index in [-0.39, 0.29) is 23.9 Å². The van der Waals surface area contributed by atoms with Crippen molar-refractivity contribution in [3.8, 4) is 11.1 Å². The van der Waals surface area contributed by atoms with E-state index in [9.17, 15) is 9.59 Å². The van der Waals surface area contributed by atoms with Crippen LogP contribution in [-0.2, 0) is 11.3 Å². The molecule has 2 amide bonds. The molecule has 2 aromatic heterocycles. The lowest BCUT2D eigenvalue weighted by Crippen LogP contribution is -2.45. The van der Waals surface area contributed by atoms with Crippen LogP contribution in [0, 0.1) is 0 Å². The summed E-state index contributed by atoms with van der Waals surface area (Å²) in [6.07, 6.45) is 8.39. The first kappa shape index (κ1) is 26.4. The van der Waals surface area contributed by atoms with Crippen molar-refractivity contribution in [3.63, 3.8) is 0 Å². The van der Waals surface area contributed by atoms with E-state index in [2.05, 4.69) is 28.5 Å². The quantitative estimate of drug-likeness (QED) is 0.249. The highest BCUT2D eigenvalue weighted by Gasteiger charge is 2.32. The third-order valence-electron chi connectivity index (χ3n) is 7.26. The van der Waals surface area contributed by atoms with Crippen LogP contribution in [0.3, 0.4) is 0 Å². The van der Waals surface area contributed by atoms with Crippen LogP contribution in [0.5, 0.6) is 0 Å². The average Bonchev–Trinajstić information content (AvgIpc) is 3.29. The molecule has 0 spiro atoms. The normalized spacial score (nSPS) is 17.3. The molecule has 2 heterocycles. The molecule has 1 N–H and O–H groups in total. The lowest BCUT2D eigenvalue weighted by molar-refractivity contribution is -0.122. The molecule has 5 nitrogen and oxygen atoms in total. The van der Waals surface area contributed by atoms with Gasteiger partial charge in [0.2, 0.25) is 5.91 Å². The summed E-state index contributed by atoms with van der Waals surface area (Å²) in [7, 11) is 0. The molecule has 0 unspecified atom stereocenters. The first-order valence-electron chi connectivity index (χ1n) is 13.3. The minimum Gasteiger partial charge on any atom is -0.353 e. The van der Waals surface area contributed by atoms with Crippen LogP contribution in [0.15, 0.2) is 73.1 Å². The Balaban J connectivity index is 1.41. The molecule has 0 saturated heterocycles. The summed E-state index contributed by atoms with van der Waals surface area (Å²) >= 11 is 8.23. The molecule has 5 rings (SSSR count). The topological polar surface area (TPSA) is 62.3 Å². The van der Waals surface area contributed by atoms with E-state index >= 15 is 0 Å². The van der Waals surface area contributed by atoms with Crippen molar-refractivity contribution in [1.29, 1.82) is 0 Å². The smallest absolute Gasteiger partial charge is 0.266 e. The molecular formula is C31H32ClN3O2S. The lowest BCUT2D eigenvalue weighted by atomic mass is 9.89. The second-order valence-corrected chi connectivity index (χ2v) is 11.4. The molecule has 1 aliphatic carbocycles. The predicted molar refractivity (Wildman–Crippen MR) is 155 cm³/mol. The molecule has 1 saturated carbocycles. The zero-order valence-corrected chi connectivity index (χ0v) is 23.1. The molecule has 2 aromatic carbocycles. The number of thiophene rings is 1. The van der Waals surface area contributed by atoms with Crippen molar-refractivity contribution in [2.45, 2.75) is 64.1 Å². The Kier molecular flexibility index (Phi) is 8.40. The summed E-state index contributed by atoms with van der Waals surface area (Å²) in [5, 5.41) is 4.63. The molecular weight excluding hydrogens is 514 g/mol. The number of aromatic nitrogens is 1. The van der Waals surface area contributed by atoms with Gasteiger partial charge < -0.3 is 10.2 Å². The van der Waals surface area contributed by atoms with Crippen molar-refractivity contribution in [2.24, 2.45) is 0 Å². The Morgan fingerprint density at radius 2 is 1.76 bits per heavy atom. The number of pyridine rings is 1. The first-order chi connectivity index (χ1) is 18.5. The summed E-state index contributed by atoms with van der Waals surface area (Å²) in [5.74, 6) is 0.0952. The second kappa shape index (κ2) is 12.1. The Hall–Kier alpha value is -3.22. The van der Waals surface area contributed by atoms with E-state index in [1.165, 1.54) is 11.3 Å². The van der Waals surface area contributed by atoms with Gasteiger partial charge in [-0.25, -0.2) is 0 Å². The maximum atomic E-state index is 14.1. The number of amides is 2. The van der Waals surface area contributed by atoms with E-state index in [1.807, 2.05) is 54.3 Å². The molecule has 0 aliphatic heterocycles. The molecule has 0 atom stereocenters. The maximum absolute atomic E-state index is 14.1. The van der Waals surface area contributed by atoms with Crippen LogP contribution in [0.25, 0.3) is 21.2 Å². The number of rotatable bonds is 8. The number of nitrogens with zero attached hydrogens (tertiary/aromatic N) is 2. The van der Waals surface area contributed by atoms with Crippen molar-refractivity contribution >= 4 is 44.8 Å². The van der Waals surface area contributed by atoms with Gasteiger partial charge in [0, 0.05) is 47.5 Å². The van der Waals surface area contributed by atoms with Crippen molar-refractivity contribution < 1.29 is 9.59 Å². The van der Waals surface area contributed by atoms with E-state index in [1.54, 1.807) is 12.4 Å². The minimum atomic E-state index is -0.0241. The Bertz CT molecular complexity index is 1410. The third-order valence-corrected chi connectivity index (χ3v) is 8.93. The Labute approximate surface area is 232 Å². The van der Waals surface area contributed by atoms with Crippen molar-refractivity contribution in [2.75, 3.05) is 0 Å². The van der Waals surface area contributed by atoms with Gasteiger partial charge in [0.15, 0.2) is 0 Å². The van der Waals surface area contributed by atoms with Gasteiger partial charge in [-0.3, -0.25) is 14.6 Å². The molecule has 0 radical (unpaired) electrons. The summed E-state index contributed by atoms with van der Waals surface area (Å²) < 4.78 is 1.02. The SMILES string of the molecule is CCCC(=O)NC1CCC(N(Cc2cccc(-c3ccncc3)c2)C(=O)c2sc3ccccc3c2Cl)CC1. The number of hydrogen-bond donors (Lipinski definition) is 1. The highest BCUT2D eigenvalue weighted by molar-refractivity contribution is 7.21. The van der Waals surface area contributed by atoms with Gasteiger partial charge in [-0.1, -0.05) is 54.9 Å². The number of fused-ring (bicyclic) bond motifs is 1. The van der Waals surface area contributed by atoms with Gasteiger partial charge in [0.25, 0.3) is 5.91 Å². The predicted octanol–water partition coefficient (Wildman–Crippen LogP) is 7.49. The third kappa shape index (κ3) is 5.92. The van der Waals surface area contributed by atoms with Gasteiger partial charge in [-0.15, -0.1) is 11.3 Å². The Morgan fingerprint density at radius 3 is 2.50 bits per heavy atom. The summed E-state index contributed by atoms with van der Waals surface area (Å²) in [6.45, 7) is 2.52.